The van der Waals surface area contributed by atoms with Crippen LogP contribution in [0, 0.1) is 11.3 Å². The topological polar surface area (TPSA) is 172 Å². The van der Waals surface area contributed by atoms with Crippen LogP contribution in [-0.4, -0.2) is 50.2 Å². The molecule has 48 heavy (non-hydrogen) atoms. The van der Waals surface area contributed by atoms with Crippen molar-refractivity contribution >= 4 is 33.4 Å². The third-order valence-corrected chi connectivity index (χ3v) is 7.96. The van der Waals surface area contributed by atoms with Crippen LogP contribution in [0.3, 0.4) is 0 Å². The smallest absolute Gasteiger partial charge is 0.336 e. The van der Waals surface area contributed by atoms with Crippen LogP contribution in [-0.2, 0) is 13.6 Å². The first-order valence-corrected chi connectivity index (χ1v) is 15.2. The lowest BCUT2D eigenvalue weighted by molar-refractivity contribution is 0.0691. The zero-order valence-corrected chi connectivity index (χ0v) is 26.3. The van der Waals surface area contributed by atoms with E-state index in [9.17, 15) is 24.8 Å². The zero-order valence-electron chi connectivity index (χ0n) is 26.3. The van der Waals surface area contributed by atoms with Crippen LogP contribution in [0.15, 0.2) is 77.7 Å². The molecule has 0 bridgehead atoms. The lowest BCUT2D eigenvalue weighted by Gasteiger charge is -2.17. The molecule has 2 aromatic heterocycles. The number of H-pyrrole nitrogens is 1. The van der Waals surface area contributed by atoms with Crippen molar-refractivity contribution in [2.75, 3.05) is 13.2 Å². The van der Waals surface area contributed by atoms with E-state index in [2.05, 4.69) is 26.7 Å². The minimum atomic E-state index is -1.23. The Morgan fingerprint density at radius 3 is 2.42 bits per heavy atom. The summed E-state index contributed by atoms with van der Waals surface area (Å²) in [6, 6.07) is 21.3. The van der Waals surface area contributed by atoms with Gasteiger partial charge in [0.1, 0.15) is 17.6 Å². The molecule has 0 aliphatic carbocycles. The molecule has 0 saturated carbocycles. The zero-order chi connectivity index (χ0) is 33.9. The van der Waals surface area contributed by atoms with E-state index in [0.717, 1.165) is 10.8 Å². The summed E-state index contributed by atoms with van der Waals surface area (Å²) in [5, 5.41) is 36.3. The molecule has 12 nitrogen and oxygen atoms in total. The molecule has 0 saturated heterocycles. The van der Waals surface area contributed by atoms with Crippen LogP contribution in [0.4, 0.5) is 0 Å². The number of ether oxygens (including phenoxy) is 2. The molecule has 4 aromatic carbocycles. The summed E-state index contributed by atoms with van der Waals surface area (Å²) >= 11 is 0. The standard InChI is InChI=1S/C36H30N6O6/c1-4-47-29-15-20-10-6-7-11-22(20)26(17-37)31(29)33-27(18-39-42(33)3)21-14-25-28(40-41-35(44)32(25)30(16-21)48-5-2)19-38-34(43)23-12-8-9-13-24(23)36(45)46/h6-16,18H,4-5,19H2,1-3H3,(H,38,43)(H,41,44)(H,45,46). The van der Waals surface area contributed by atoms with Crippen molar-refractivity contribution in [1.82, 2.24) is 25.3 Å². The van der Waals surface area contributed by atoms with Gasteiger partial charge in [-0.15, -0.1) is 0 Å². The summed E-state index contributed by atoms with van der Waals surface area (Å²) in [6.45, 7) is 4.17. The number of benzene rings is 4. The number of carbonyl (C=O) groups is 2. The van der Waals surface area contributed by atoms with Gasteiger partial charge in [0, 0.05) is 23.4 Å². The quantitative estimate of drug-likeness (QED) is 0.176. The highest BCUT2D eigenvalue weighted by atomic mass is 16.5. The number of hydrogen-bond acceptors (Lipinski definition) is 8. The predicted octanol–water partition coefficient (Wildman–Crippen LogP) is 5.44. The Bertz CT molecular complexity index is 2330. The third kappa shape index (κ3) is 5.58. The molecule has 1 amide bonds. The van der Waals surface area contributed by atoms with E-state index < -0.39 is 17.4 Å². The Kier molecular flexibility index (Phi) is 8.59. The van der Waals surface area contributed by atoms with E-state index >= 15 is 0 Å². The van der Waals surface area contributed by atoms with E-state index in [-0.39, 0.29) is 35.4 Å². The SMILES string of the molecule is CCOc1cc2ccccc2c(C#N)c1-c1c(-c2cc(OCC)c3c(=O)[nH]nc(CNC(=O)c4ccccc4C(=O)O)c3c2)cnn1C. The molecule has 0 radical (unpaired) electrons. The van der Waals surface area contributed by atoms with Crippen LogP contribution >= 0.6 is 0 Å². The van der Waals surface area contributed by atoms with Crippen LogP contribution in [0.2, 0.25) is 0 Å². The first-order chi connectivity index (χ1) is 23.3. The normalized spacial score (nSPS) is 11.0. The molecule has 0 fully saturated rings. The molecule has 240 valence electrons. The molecule has 0 unspecified atom stereocenters. The Morgan fingerprint density at radius 2 is 1.69 bits per heavy atom. The number of carbonyl (C=O) groups excluding carboxylic acids is 1. The number of fused-ring (bicyclic) bond motifs is 2. The fourth-order valence-corrected chi connectivity index (χ4v) is 5.89. The summed E-state index contributed by atoms with van der Waals surface area (Å²) in [4.78, 5) is 37.9. The Hall–Kier alpha value is -6.48. The van der Waals surface area contributed by atoms with Gasteiger partial charge < -0.3 is 19.9 Å². The average molecular weight is 643 g/mol. The molecular weight excluding hydrogens is 612 g/mol. The van der Waals surface area contributed by atoms with E-state index in [1.165, 1.54) is 18.2 Å². The first kappa shape index (κ1) is 31.5. The van der Waals surface area contributed by atoms with E-state index in [1.807, 2.05) is 37.3 Å². The summed E-state index contributed by atoms with van der Waals surface area (Å²) in [7, 11) is 1.78. The highest BCUT2D eigenvalue weighted by Gasteiger charge is 2.25. The molecule has 0 spiro atoms. The number of nitrogens with one attached hydrogen (secondary N) is 2. The number of aromatic amines is 1. The van der Waals surface area contributed by atoms with Crippen molar-refractivity contribution in [2.45, 2.75) is 20.4 Å². The van der Waals surface area contributed by atoms with Gasteiger partial charge in [-0.1, -0.05) is 36.4 Å². The maximum atomic E-state index is 13.2. The van der Waals surface area contributed by atoms with Gasteiger partial charge in [-0.2, -0.15) is 15.5 Å². The average Bonchev–Trinajstić information content (AvgIpc) is 3.47. The van der Waals surface area contributed by atoms with Crippen LogP contribution in [0.5, 0.6) is 11.5 Å². The molecule has 0 atom stereocenters. The molecule has 6 rings (SSSR count). The fraction of sp³-hybridized carbons (Fsp3) is 0.167. The molecule has 3 N–H and O–H groups in total. The second-order valence-corrected chi connectivity index (χ2v) is 10.8. The molecule has 0 aliphatic heterocycles. The second kappa shape index (κ2) is 13.1. The van der Waals surface area contributed by atoms with Gasteiger partial charge in [0.05, 0.1) is 65.0 Å². The Morgan fingerprint density at radius 1 is 0.979 bits per heavy atom. The summed E-state index contributed by atoms with van der Waals surface area (Å²) in [5.74, 6) is -1.04. The summed E-state index contributed by atoms with van der Waals surface area (Å²) < 4.78 is 13.7. The molecule has 2 heterocycles. The number of nitrogens with zero attached hydrogens (tertiary/aromatic N) is 4. The fourth-order valence-electron chi connectivity index (χ4n) is 5.89. The maximum Gasteiger partial charge on any atom is 0.336 e. The van der Waals surface area contributed by atoms with Gasteiger partial charge in [0.2, 0.25) is 0 Å². The minimum absolute atomic E-state index is 0.0109. The number of aromatic carboxylic acids is 1. The van der Waals surface area contributed by atoms with E-state index in [4.69, 9.17) is 9.47 Å². The minimum Gasteiger partial charge on any atom is -0.493 e. The van der Waals surface area contributed by atoms with Gasteiger partial charge in [-0.05, 0) is 55.1 Å². The number of amides is 1. The predicted molar refractivity (Wildman–Crippen MR) is 179 cm³/mol. The van der Waals surface area contributed by atoms with Crippen LogP contribution < -0.4 is 20.3 Å². The number of hydrogen-bond donors (Lipinski definition) is 3. The summed E-state index contributed by atoms with van der Waals surface area (Å²) in [5.41, 5.74) is 2.54. The van der Waals surface area contributed by atoms with Crippen molar-refractivity contribution in [1.29, 1.82) is 5.26 Å². The highest BCUT2D eigenvalue weighted by molar-refractivity contribution is 6.05. The molecule has 6 aromatic rings. The molecule has 12 heteroatoms. The van der Waals surface area contributed by atoms with Crippen molar-refractivity contribution in [3.05, 3.63) is 106 Å². The number of carboxylic acid groups (broad SMARTS) is 1. The van der Waals surface area contributed by atoms with Crippen molar-refractivity contribution in [3.63, 3.8) is 0 Å². The second-order valence-electron chi connectivity index (χ2n) is 10.8. The molecule has 0 aliphatic rings. The largest absolute Gasteiger partial charge is 0.493 e. The number of nitriles is 1. The van der Waals surface area contributed by atoms with Crippen molar-refractivity contribution in [3.8, 4) is 40.0 Å². The van der Waals surface area contributed by atoms with Gasteiger partial charge >= 0.3 is 5.97 Å². The van der Waals surface area contributed by atoms with Crippen molar-refractivity contribution < 1.29 is 24.2 Å². The number of carboxylic acids is 1. The van der Waals surface area contributed by atoms with Gasteiger partial charge in [0.25, 0.3) is 11.5 Å². The van der Waals surface area contributed by atoms with Gasteiger partial charge in [-0.3, -0.25) is 14.3 Å². The third-order valence-electron chi connectivity index (χ3n) is 7.96. The van der Waals surface area contributed by atoms with Gasteiger partial charge in [0.15, 0.2) is 0 Å². The lowest BCUT2D eigenvalue weighted by Crippen LogP contribution is -2.26. The Balaban J connectivity index is 1.53. The van der Waals surface area contributed by atoms with Crippen LogP contribution in [0.1, 0.15) is 45.8 Å². The molecular formula is C36H30N6O6. The number of rotatable bonds is 10. The first-order valence-electron chi connectivity index (χ1n) is 15.2. The lowest BCUT2D eigenvalue weighted by atomic mass is 9.92. The highest BCUT2D eigenvalue weighted by Crippen LogP contribution is 2.44. The van der Waals surface area contributed by atoms with Crippen molar-refractivity contribution in [2.24, 2.45) is 7.05 Å². The number of aryl methyl sites for hydroxylation is 1. The van der Waals surface area contributed by atoms with Gasteiger partial charge in [-0.25, -0.2) is 9.89 Å². The monoisotopic (exact) mass is 642 g/mol. The Labute approximate surface area is 274 Å². The summed E-state index contributed by atoms with van der Waals surface area (Å²) in [6.07, 6.45) is 1.67. The maximum absolute atomic E-state index is 13.2. The number of aromatic nitrogens is 4. The van der Waals surface area contributed by atoms with E-state index in [1.54, 1.807) is 43.0 Å². The van der Waals surface area contributed by atoms with Crippen LogP contribution in [0.25, 0.3) is 43.9 Å². The van der Waals surface area contributed by atoms with E-state index in [0.29, 0.717) is 51.4 Å².